The number of cyclic esters (lactones) is 2. The number of likely N-dealkylation sites (N-methyl/N-ethyl adjacent to an activating group) is 2. The van der Waals surface area contributed by atoms with Crippen molar-refractivity contribution in [2.24, 2.45) is 29.6 Å². The predicted octanol–water partition coefficient (Wildman–Crippen LogP) is 2.32. The lowest BCUT2D eigenvalue weighted by molar-refractivity contribution is -0.163. The van der Waals surface area contributed by atoms with Gasteiger partial charge in [0.25, 0.3) is 5.91 Å². The van der Waals surface area contributed by atoms with E-state index in [-0.39, 0.29) is 57.0 Å². The van der Waals surface area contributed by atoms with E-state index in [9.17, 15) is 53.4 Å². The van der Waals surface area contributed by atoms with Gasteiger partial charge in [0.1, 0.15) is 54.2 Å². The van der Waals surface area contributed by atoms with Crippen LogP contribution >= 0.6 is 0 Å². The van der Waals surface area contributed by atoms with Gasteiger partial charge in [-0.2, -0.15) is 0 Å². The van der Waals surface area contributed by atoms with E-state index in [1.54, 1.807) is 52.0 Å². The predicted molar refractivity (Wildman–Crippen MR) is 290 cm³/mol. The summed E-state index contributed by atoms with van der Waals surface area (Å²) >= 11 is 0. The summed E-state index contributed by atoms with van der Waals surface area (Å²) < 4.78 is 17.2. The highest BCUT2D eigenvalue weighted by atomic mass is 16.6. The Morgan fingerprint density at radius 2 is 1.49 bits per heavy atom. The molecule has 0 aliphatic carbocycles. The van der Waals surface area contributed by atoms with Crippen LogP contribution in [0.1, 0.15) is 133 Å². The molecule has 22 nitrogen and oxygen atoms in total. The first-order valence-corrected chi connectivity index (χ1v) is 28.0. The van der Waals surface area contributed by atoms with Crippen LogP contribution in [0.15, 0.2) is 24.3 Å². The number of hydrogen-bond donors (Lipinski definition) is 5. The Morgan fingerprint density at radius 3 is 2.06 bits per heavy atom. The van der Waals surface area contributed by atoms with E-state index >= 15 is 4.79 Å². The normalized spacial score (nSPS) is 27.7. The number of aliphatic hydroxyl groups is 2. The van der Waals surface area contributed by atoms with Crippen molar-refractivity contribution in [1.82, 2.24) is 35.6 Å². The zero-order valence-corrected chi connectivity index (χ0v) is 48.8. The number of carbonyl (C=O) groups excluding carboxylic acids is 10. The van der Waals surface area contributed by atoms with Gasteiger partial charge in [-0.25, -0.2) is 4.79 Å². The number of aliphatic hydroxyl groups excluding tert-OH is 2. The molecular weight excluding hydrogens is 1020 g/mol. The zero-order chi connectivity index (χ0) is 59.3. The number of likely N-dealkylation sites (tertiary alicyclic amines) is 1. The molecule has 13 atom stereocenters. The Kier molecular flexibility index (Phi) is 24.3. The zero-order valence-electron chi connectivity index (χ0n) is 48.8. The van der Waals surface area contributed by atoms with Gasteiger partial charge in [0.05, 0.1) is 31.6 Å². The maximum absolute atomic E-state index is 15.0. The number of nitrogens with zero attached hydrogens (tertiary/aromatic N) is 4. The number of carbonyl (C=O) groups is 10. The molecule has 1 aromatic carbocycles. The first-order valence-electron chi connectivity index (χ1n) is 28.0. The second kappa shape index (κ2) is 29.3. The molecule has 7 amide bonds. The largest absolute Gasteiger partial charge is 0.497 e. The van der Waals surface area contributed by atoms with E-state index in [1.807, 2.05) is 27.7 Å². The average Bonchev–Trinajstić information content (AvgIpc) is 4.13. The average molecular weight is 1110 g/mol. The van der Waals surface area contributed by atoms with Crippen molar-refractivity contribution in [2.75, 3.05) is 34.3 Å². The van der Waals surface area contributed by atoms with Crippen molar-refractivity contribution in [3.8, 4) is 5.75 Å². The Hall–Kier alpha value is -6.16. The van der Waals surface area contributed by atoms with Crippen molar-refractivity contribution in [3.63, 3.8) is 0 Å². The molecule has 3 heterocycles. The quantitative estimate of drug-likeness (QED) is 0.124. The van der Waals surface area contributed by atoms with Gasteiger partial charge in [-0.05, 0) is 101 Å². The van der Waals surface area contributed by atoms with Crippen LogP contribution in [0.4, 0.5) is 0 Å². The number of ether oxygens (including phenoxy) is 3. The monoisotopic (exact) mass is 1110 g/mol. The molecule has 0 spiro atoms. The highest BCUT2D eigenvalue weighted by Gasteiger charge is 2.46. The fourth-order valence-corrected chi connectivity index (χ4v) is 10.5. The number of hydrogen-bond acceptors (Lipinski definition) is 15. The number of Topliss-reactive ketones (excluding diaryl/α,β-unsaturated/α-hetero) is 1. The maximum Gasteiger partial charge on any atom is 0.329 e. The second-order valence-corrected chi connectivity index (χ2v) is 23.0. The molecule has 0 unspecified atom stereocenters. The Balaban J connectivity index is 1.89. The third-order valence-corrected chi connectivity index (χ3v) is 15.5. The molecular formula is C57H89N7O15. The van der Waals surface area contributed by atoms with Gasteiger partial charge in [0.2, 0.25) is 35.4 Å². The summed E-state index contributed by atoms with van der Waals surface area (Å²) in [6, 6.07) is -2.19. The smallest absolute Gasteiger partial charge is 0.329 e. The molecule has 0 aromatic heterocycles. The third kappa shape index (κ3) is 16.9. The van der Waals surface area contributed by atoms with Gasteiger partial charge >= 0.3 is 11.9 Å². The van der Waals surface area contributed by atoms with Gasteiger partial charge in [0.15, 0.2) is 11.9 Å². The minimum atomic E-state index is -1.76. The van der Waals surface area contributed by atoms with Gasteiger partial charge < -0.3 is 60.0 Å². The molecule has 22 heteroatoms. The van der Waals surface area contributed by atoms with Crippen molar-refractivity contribution in [3.05, 3.63) is 29.8 Å². The van der Waals surface area contributed by atoms with Crippen LogP contribution in [0, 0.1) is 29.6 Å². The van der Waals surface area contributed by atoms with E-state index in [4.69, 9.17) is 14.2 Å². The molecule has 0 radical (unpaired) electrons. The number of rotatable bonds is 15. The van der Waals surface area contributed by atoms with E-state index in [2.05, 4.69) is 16.0 Å². The maximum atomic E-state index is 15.0. The molecule has 79 heavy (non-hydrogen) atoms. The van der Waals surface area contributed by atoms with E-state index in [0.717, 1.165) is 0 Å². The summed E-state index contributed by atoms with van der Waals surface area (Å²) in [6.45, 7) is 18.4. The summed E-state index contributed by atoms with van der Waals surface area (Å²) in [5, 5.41) is 30.2. The second-order valence-electron chi connectivity index (χ2n) is 23.0. The highest BCUT2D eigenvalue weighted by Crippen LogP contribution is 2.27. The lowest BCUT2D eigenvalue weighted by Gasteiger charge is -2.36. The molecule has 1 aromatic rings. The third-order valence-electron chi connectivity index (χ3n) is 15.5. The number of esters is 2. The van der Waals surface area contributed by atoms with Crippen LogP contribution in [0.25, 0.3) is 0 Å². The summed E-state index contributed by atoms with van der Waals surface area (Å²) in [6.07, 6.45) is -4.99. The number of fused-ring (bicyclic) bond motifs is 1. The van der Waals surface area contributed by atoms with E-state index in [0.29, 0.717) is 30.6 Å². The molecule has 5 N–H and O–H groups in total. The van der Waals surface area contributed by atoms with Crippen LogP contribution in [0.2, 0.25) is 0 Å². The molecule has 3 aliphatic rings. The number of nitrogens with one attached hydrogen (secondary N) is 3. The fraction of sp³-hybridized carbons (Fsp3) is 0.719. The first kappa shape index (κ1) is 65.4. The minimum absolute atomic E-state index is 0.0720. The number of ketones is 1. The Morgan fingerprint density at radius 1 is 0.861 bits per heavy atom. The summed E-state index contributed by atoms with van der Waals surface area (Å²) in [4.78, 5) is 149. The van der Waals surface area contributed by atoms with E-state index in [1.165, 1.54) is 61.6 Å². The van der Waals surface area contributed by atoms with Crippen LogP contribution < -0.4 is 20.7 Å². The standard InChI is InChI=1S/C57H89N7O15/c1-15-33(8)46-44(66)29-45(67)79-49(32(6)7)48(68)34(9)50(69)58-39(26-30(2)3)54(73)64-25-17-19-41(64)56(75)62(13)43(28-37-20-22-38(77-14)23-21-37)57(76)78-36(11)47(52(71)59-46)60-51(70)42(27-31(4)5)61(12)55(74)40-18-16-24-63(40)53(72)35(10)65/h20-23,30-36,39-44,46-47,49,65-66H,15-19,24-29H2,1-14H3,(H,58,69)(H,59,71)(H,60,70)/t33-,34-,35-,36+,39-,40+,41-,42+,43-,44-,46-,47+,49-/m0/s1. The summed E-state index contributed by atoms with van der Waals surface area (Å²) in [7, 11) is 4.29. The lowest BCUT2D eigenvalue weighted by Crippen LogP contribution is -2.62. The van der Waals surface area contributed by atoms with Crippen molar-refractivity contribution < 1.29 is 72.4 Å². The summed E-state index contributed by atoms with van der Waals surface area (Å²) in [5.74, 6) is -10.3. The van der Waals surface area contributed by atoms with Crippen LogP contribution in [0.3, 0.4) is 0 Å². The topological polar surface area (TPSA) is 288 Å². The molecule has 0 saturated carbocycles. The number of methoxy groups -OCH3 is 1. The number of amides is 7. The van der Waals surface area contributed by atoms with Crippen molar-refractivity contribution >= 4 is 59.1 Å². The van der Waals surface area contributed by atoms with Gasteiger partial charge in [-0.15, -0.1) is 0 Å². The van der Waals surface area contributed by atoms with Crippen molar-refractivity contribution in [2.45, 2.75) is 201 Å². The minimum Gasteiger partial charge on any atom is -0.497 e. The SMILES string of the molecule is CC[C@H](C)[C@@H]1NC(=O)[C@H](NC(=O)[C@@H](CC(C)C)N(C)C(=O)[C@H]2CCCN2C(=O)[C@H](C)O)[C@@H](C)OC(=O)[C@H](Cc2ccc(OC)cc2)N(C)C(=O)[C@@H]2CCCN2C(=O)[C@H](CC(C)C)NC(=O)[C@@H](C)C(=O)[C@H](C(C)C)OC(=O)C[C@@H]1O. The fourth-order valence-electron chi connectivity index (χ4n) is 10.5. The van der Waals surface area contributed by atoms with Gasteiger partial charge in [-0.3, -0.25) is 43.2 Å². The first-order chi connectivity index (χ1) is 37.0. The van der Waals surface area contributed by atoms with Crippen LogP contribution in [-0.4, -0.2) is 190 Å². The number of benzene rings is 1. The van der Waals surface area contributed by atoms with Crippen molar-refractivity contribution in [1.29, 1.82) is 0 Å². The van der Waals surface area contributed by atoms with Crippen LogP contribution in [-0.2, 0) is 63.8 Å². The lowest BCUT2D eigenvalue weighted by atomic mass is 9.91. The molecule has 3 saturated heterocycles. The Labute approximate surface area is 465 Å². The molecule has 4 rings (SSSR count). The van der Waals surface area contributed by atoms with Gasteiger partial charge in [0, 0.05) is 33.6 Å². The van der Waals surface area contributed by atoms with E-state index < -0.39 is 150 Å². The highest BCUT2D eigenvalue weighted by molar-refractivity contribution is 6.05. The Bertz CT molecular complexity index is 2330. The summed E-state index contributed by atoms with van der Waals surface area (Å²) in [5.41, 5.74) is 0.571. The molecule has 0 bridgehead atoms. The molecule has 442 valence electrons. The van der Waals surface area contributed by atoms with Crippen LogP contribution in [0.5, 0.6) is 5.75 Å². The molecule has 3 fully saturated rings. The van der Waals surface area contributed by atoms with Gasteiger partial charge in [-0.1, -0.05) is 73.9 Å². The molecule has 3 aliphatic heterocycles.